The zero-order valence-corrected chi connectivity index (χ0v) is 11.5. The van der Waals surface area contributed by atoms with Crippen molar-refractivity contribution in [3.05, 3.63) is 12.2 Å². The van der Waals surface area contributed by atoms with Crippen LogP contribution in [0.1, 0.15) is 33.1 Å². The van der Waals surface area contributed by atoms with Crippen molar-refractivity contribution in [1.82, 2.24) is 0 Å². The van der Waals surface area contributed by atoms with E-state index in [0.717, 1.165) is 6.42 Å². The van der Waals surface area contributed by atoms with Crippen molar-refractivity contribution in [3.8, 4) is 0 Å². The van der Waals surface area contributed by atoms with E-state index in [4.69, 9.17) is 4.74 Å². The minimum atomic E-state index is -0.720. The number of esters is 1. The number of hydrogen-bond acceptors (Lipinski definition) is 4. The molecule has 3 fully saturated rings. The van der Waals surface area contributed by atoms with Crippen molar-refractivity contribution in [3.63, 3.8) is 0 Å². The van der Waals surface area contributed by atoms with Crippen LogP contribution in [0.25, 0.3) is 0 Å². The number of carbonyl (C=O) groups excluding carboxylic acids is 1. The fourth-order valence-electron chi connectivity index (χ4n) is 4.61. The summed E-state index contributed by atoms with van der Waals surface area (Å²) in [5, 5.41) is 20.4. The first-order chi connectivity index (χ1) is 8.84. The van der Waals surface area contributed by atoms with Crippen molar-refractivity contribution in [2.24, 2.45) is 23.2 Å². The van der Waals surface area contributed by atoms with Gasteiger partial charge in [-0.15, -0.1) is 0 Å². The Labute approximate surface area is 113 Å². The first-order valence-electron chi connectivity index (χ1n) is 7.10. The molecule has 0 amide bonds. The quantitative estimate of drug-likeness (QED) is 0.512. The van der Waals surface area contributed by atoms with Crippen molar-refractivity contribution in [2.75, 3.05) is 0 Å². The first-order valence-corrected chi connectivity index (χ1v) is 7.10. The van der Waals surface area contributed by atoms with Crippen molar-refractivity contribution >= 4 is 5.97 Å². The lowest BCUT2D eigenvalue weighted by Gasteiger charge is -2.36. The van der Waals surface area contributed by atoms with E-state index in [-0.39, 0.29) is 29.3 Å². The Balaban J connectivity index is 1.97. The summed E-state index contributed by atoms with van der Waals surface area (Å²) in [6.07, 6.45) is 0.646. The monoisotopic (exact) mass is 266 g/mol. The Hall–Kier alpha value is -0.870. The van der Waals surface area contributed by atoms with Gasteiger partial charge in [-0.1, -0.05) is 20.4 Å². The van der Waals surface area contributed by atoms with Gasteiger partial charge in [-0.3, -0.25) is 0 Å². The molecule has 19 heavy (non-hydrogen) atoms. The second kappa shape index (κ2) is 4.06. The van der Waals surface area contributed by atoms with E-state index in [1.54, 1.807) is 0 Å². The standard InChI is InChI=1S/C15H22O4/c1-7-4-12-9(8(2)14(18)19-12)6-15(3)10(7)5-11(16)13(15)17/h7,9-13,16-17H,2,4-6H2,1,3H3/t7-,9-,10+,11-,12+,13+,15+/m1/s1. The molecule has 1 heterocycles. The molecule has 0 unspecified atom stereocenters. The van der Waals surface area contributed by atoms with Crippen molar-refractivity contribution in [1.29, 1.82) is 0 Å². The Bertz CT molecular complexity index is 432. The smallest absolute Gasteiger partial charge is 0.334 e. The third-order valence-electron chi connectivity index (χ3n) is 5.75. The van der Waals surface area contributed by atoms with Gasteiger partial charge < -0.3 is 14.9 Å². The van der Waals surface area contributed by atoms with Crippen molar-refractivity contribution < 1.29 is 19.7 Å². The van der Waals surface area contributed by atoms with E-state index in [9.17, 15) is 15.0 Å². The maximum absolute atomic E-state index is 11.7. The Morgan fingerprint density at radius 1 is 1.37 bits per heavy atom. The lowest BCUT2D eigenvalue weighted by molar-refractivity contribution is -0.139. The number of carbonyl (C=O) groups is 1. The molecule has 2 saturated carbocycles. The predicted molar refractivity (Wildman–Crippen MR) is 69.1 cm³/mol. The molecule has 1 saturated heterocycles. The zero-order chi connectivity index (χ0) is 13.9. The largest absolute Gasteiger partial charge is 0.458 e. The molecule has 3 rings (SSSR count). The molecular formula is C15H22O4. The molecule has 0 aromatic heterocycles. The maximum atomic E-state index is 11.7. The van der Waals surface area contributed by atoms with Gasteiger partial charge in [0.1, 0.15) is 6.10 Å². The highest BCUT2D eigenvalue weighted by atomic mass is 16.6. The van der Waals surface area contributed by atoms with Crippen LogP contribution in [0.3, 0.4) is 0 Å². The van der Waals surface area contributed by atoms with Gasteiger partial charge in [0, 0.05) is 11.5 Å². The van der Waals surface area contributed by atoms with E-state index in [0.29, 0.717) is 24.3 Å². The normalized spacial score (nSPS) is 53.5. The third kappa shape index (κ3) is 1.69. The summed E-state index contributed by atoms with van der Waals surface area (Å²) in [5.74, 6) is 0.294. The van der Waals surface area contributed by atoms with E-state index < -0.39 is 12.2 Å². The summed E-state index contributed by atoms with van der Waals surface area (Å²) in [6.45, 7) is 8.02. The maximum Gasteiger partial charge on any atom is 0.334 e. The average Bonchev–Trinajstić information content (AvgIpc) is 2.68. The number of rotatable bonds is 0. The van der Waals surface area contributed by atoms with Crippen LogP contribution in [0.5, 0.6) is 0 Å². The van der Waals surface area contributed by atoms with Crippen molar-refractivity contribution in [2.45, 2.75) is 51.4 Å². The molecule has 4 nitrogen and oxygen atoms in total. The summed E-state index contributed by atoms with van der Waals surface area (Å²) in [7, 11) is 0. The summed E-state index contributed by atoms with van der Waals surface area (Å²) in [5.41, 5.74) is 0.183. The van der Waals surface area contributed by atoms with Crippen LogP contribution < -0.4 is 0 Å². The predicted octanol–water partition coefficient (Wildman–Crippen LogP) is 1.26. The van der Waals surface area contributed by atoms with Gasteiger partial charge >= 0.3 is 5.97 Å². The number of aliphatic hydroxyl groups excluding tert-OH is 2. The van der Waals surface area contributed by atoms with Gasteiger partial charge in [-0.05, 0) is 36.5 Å². The van der Waals surface area contributed by atoms with Gasteiger partial charge in [0.05, 0.1) is 12.2 Å². The zero-order valence-electron chi connectivity index (χ0n) is 11.5. The molecular weight excluding hydrogens is 244 g/mol. The minimum absolute atomic E-state index is 0.00935. The SMILES string of the molecule is C=C1C(=O)O[C@H]2C[C@@H](C)[C@@H]3C[C@@H](O)[C@H](O)[C@@]3(C)C[C@H]12. The lowest BCUT2D eigenvalue weighted by Crippen LogP contribution is -2.38. The third-order valence-corrected chi connectivity index (χ3v) is 5.75. The van der Waals surface area contributed by atoms with Gasteiger partial charge in [-0.25, -0.2) is 4.79 Å². The molecule has 2 N–H and O–H groups in total. The number of hydrogen-bond donors (Lipinski definition) is 2. The summed E-state index contributed by atoms with van der Waals surface area (Å²) in [4.78, 5) is 11.7. The van der Waals surface area contributed by atoms with Gasteiger partial charge in [0.15, 0.2) is 0 Å². The van der Waals surface area contributed by atoms with Crippen LogP contribution >= 0.6 is 0 Å². The van der Waals surface area contributed by atoms with Gasteiger partial charge in [0.2, 0.25) is 0 Å². The van der Waals surface area contributed by atoms with E-state index in [1.807, 2.05) is 6.92 Å². The Morgan fingerprint density at radius 2 is 2.05 bits per heavy atom. The summed E-state index contributed by atoms with van der Waals surface area (Å²) < 4.78 is 5.42. The number of fused-ring (bicyclic) bond motifs is 2. The van der Waals surface area contributed by atoms with E-state index in [1.165, 1.54) is 0 Å². The molecule has 2 aliphatic carbocycles. The highest BCUT2D eigenvalue weighted by Crippen LogP contribution is 2.56. The van der Waals surface area contributed by atoms with E-state index >= 15 is 0 Å². The fourth-order valence-corrected chi connectivity index (χ4v) is 4.61. The molecule has 1 aliphatic heterocycles. The topological polar surface area (TPSA) is 66.8 Å². The molecule has 0 bridgehead atoms. The van der Waals surface area contributed by atoms with Crippen LogP contribution in [0.4, 0.5) is 0 Å². The molecule has 3 aliphatic rings. The highest BCUT2D eigenvalue weighted by molar-refractivity contribution is 5.90. The summed E-state index contributed by atoms with van der Waals surface area (Å²) in [6, 6.07) is 0. The van der Waals surface area contributed by atoms with Gasteiger partial charge in [0.25, 0.3) is 0 Å². The number of ether oxygens (including phenoxy) is 1. The molecule has 0 aromatic rings. The second-order valence-electron chi connectivity index (χ2n) is 6.85. The van der Waals surface area contributed by atoms with Crippen LogP contribution in [0.2, 0.25) is 0 Å². The lowest BCUT2D eigenvalue weighted by atomic mass is 9.69. The Morgan fingerprint density at radius 3 is 2.74 bits per heavy atom. The minimum Gasteiger partial charge on any atom is -0.458 e. The van der Waals surface area contributed by atoms with Crippen LogP contribution in [0, 0.1) is 23.2 Å². The molecule has 0 spiro atoms. The Kier molecular flexibility index (Phi) is 2.81. The average molecular weight is 266 g/mol. The second-order valence-corrected chi connectivity index (χ2v) is 6.85. The summed E-state index contributed by atoms with van der Waals surface area (Å²) >= 11 is 0. The van der Waals surface area contributed by atoms with Crippen LogP contribution in [-0.4, -0.2) is 34.5 Å². The number of aliphatic hydroxyl groups is 2. The van der Waals surface area contributed by atoms with Crippen LogP contribution in [0.15, 0.2) is 12.2 Å². The molecule has 106 valence electrons. The van der Waals surface area contributed by atoms with Gasteiger partial charge in [-0.2, -0.15) is 0 Å². The fraction of sp³-hybridized carbons (Fsp3) is 0.800. The van der Waals surface area contributed by atoms with Crippen LogP contribution in [-0.2, 0) is 9.53 Å². The highest BCUT2D eigenvalue weighted by Gasteiger charge is 2.58. The molecule has 7 atom stereocenters. The first kappa shape index (κ1) is 13.1. The molecule has 4 heteroatoms. The van der Waals surface area contributed by atoms with E-state index in [2.05, 4.69) is 13.5 Å². The molecule has 0 aromatic carbocycles. The molecule has 0 radical (unpaired) electrons.